The van der Waals surface area contributed by atoms with E-state index >= 15 is 0 Å². The highest BCUT2D eigenvalue weighted by molar-refractivity contribution is 5.77. The molecule has 7 heteroatoms. The fraction of sp³-hybridized carbons (Fsp3) is 0.0556. The summed E-state index contributed by atoms with van der Waals surface area (Å²) in [5, 5.41) is 7.14. The molecule has 3 aromatic heterocycles. The number of pyridine rings is 1. The van der Waals surface area contributed by atoms with Crippen molar-refractivity contribution in [2.75, 3.05) is 5.32 Å². The van der Waals surface area contributed by atoms with Crippen molar-refractivity contribution in [3.8, 4) is 0 Å². The Bertz CT molecular complexity index is 988. The Labute approximate surface area is 143 Å². The molecule has 0 atom stereocenters. The summed E-state index contributed by atoms with van der Waals surface area (Å²) in [6.07, 6.45) is 8.78. The van der Waals surface area contributed by atoms with E-state index in [1.165, 1.54) is 22.9 Å². The monoisotopic (exact) mass is 339 g/mol. The maximum atomic E-state index is 14.2. The van der Waals surface area contributed by atoms with Gasteiger partial charge >= 0.3 is 0 Å². The highest BCUT2D eigenvalue weighted by Gasteiger charge is 2.14. The molecule has 1 N–H and O–H groups in total. The molecule has 0 bridgehead atoms. The molecule has 3 heterocycles. The minimum Gasteiger partial charge on any atom is -0.336 e. The van der Waals surface area contributed by atoms with E-state index in [0.717, 1.165) is 6.20 Å². The van der Waals surface area contributed by atoms with Crippen LogP contribution in [0.2, 0.25) is 0 Å². The summed E-state index contributed by atoms with van der Waals surface area (Å²) in [6, 6.07) is 5.01. The average Bonchev–Trinajstić information content (AvgIpc) is 3.09. The number of rotatable bonds is 5. The second-order valence-corrected chi connectivity index (χ2v) is 5.12. The van der Waals surface area contributed by atoms with Crippen LogP contribution in [-0.2, 0) is 0 Å². The zero-order valence-corrected chi connectivity index (χ0v) is 13.4. The molecule has 3 rings (SSSR count). The second kappa shape index (κ2) is 7.04. The average molecular weight is 339 g/mol. The van der Waals surface area contributed by atoms with Crippen LogP contribution in [0.1, 0.15) is 12.7 Å². The highest BCUT2D eigenvalue weighted by Crippen LogP contribution is 2.25. The Balaban J connectivity index is 2.05. The van der Waals surface area contributed by atoms with E-state index in [9.17, 15) is 8.78 Å². The van der Waals surface area contributed by atoms with Gasteiger partial charge in [-0.3, -0.25) is 4.98 Å². The molecule has 0 fully saturated rings. The van der Waals surface area contributed by atoms with E-state index in [1.54, 1.807) is 37.4 Å². The van der Waals surface area contributed by atoms with Crippen molar-refractivity contribution in [1.29, 1.82) is 0 Å². The number of allylic oxidation sites excluding steroid dienone is 5. The van der Waals surface area contributed by atoms with Crippen LogP contribution in [0.15, 0.2) is 67.4 Å². The molecule has 0 aliphatic heterocycles. The van der Waals surface area contributed by atoms with Crippen molar-refractivity contribution in [3.05, 3.63) is 79.1 Å². The van der Waals surface area contributed by atoms with Gasteiger partial charge in [-0.2, -0.15) is 0 Å². The molecule has 0 aliphatic rings. The highest BCUT2D eigenvalue weighted by atomic mass is 19.1. The van der Waals surface area contributed by atoms with Gasteiger partial charge in [-0.25, -0.2) is 18.3 Å². The Morgan fingerprint density at radius 1 is 1.36 bits per heavy atom. The zero-order valence-electron chi connectivity index (χ0n) is 13.4. The fourth-order valence-corrected chi connectivity index (χ4v) is 2.15. The number of hydrogen-bond donors (Lipinski definition) is 1. The third-order valence-corrected chi connectivity index (χ3v) is 3.41. The summed E-state index contributed by atoms with van der Waals surface area (Å²) < 4.78 is 29.5. The molecule has 0 spiro atoms. The van der Waals surface area contributed by atoms with Crippen LogP contribution < -0.4 is 5.32 Å². The number of nitrogens with one attached hydrogen (secondary N) is 1. The lowest BCUT2D eigenvalue weighted by Gasteiger charge is -2.10. The van der Waals surface area contributed by atoms with E-state index in [1.807, 2.05) is 0 Å². The molecule has 0 radical (unpaired) electrons. The molecule has 0 aliphatic carbocycles. The van der Waals surface area contributed by atoms with Gasteiger partial charge in [0, 0.05) is 18.0 Å². The first-order valence-electron chi connectivity index (χ1n) is 7.50. The van der Waals surface area contributed by atoms with Gasteiger partial charge in [0.05, 0.1) is 11.9 Å². The Kier molecular flexibility index (Phi) is 4.65. The van der Waals surface area contributed by atoms with Crippen LogP contribution >= 0.6 is 0 Å². The van der Waals surface area contributed by atoms with Gasteiger partial charge in [0.2, 0.25) is 0 Å². The van der Waals surface area contributed by atoms with E-state index in [0.29, 0.717) is 11.3 Å². The van der Waals surface area contributed by atoms with E-state index in [-0.39, 0.29) is 17.1 Å². The first-order valence-corrected chi connectivity index (χ1v) is 7.50. The zero-order chi connectivity index (χ0) is 17.8. The molecule has 25 heavy (non-hydrogen) atoms. The summed E-state index contributed by atoms with van der Waals surface area (Å²) in [7, 11) is 0. The number of fused-ring (bicyclic) bond motifs is 1. The standard InChI is InChI=1S/C18H15F2N5/c1-3-4-6-13(19)12(2)17-23-18(16-7-5-10-25(16)24-17)22-15-8-9-21-11-14(15)20/h3-11H,2H2,1H3,(H,21,22,23,24)/b4-3-,13-6+. The van der Waals surface area contributed by atoms with Crippen molar-refractivity contribution in [3.63, 3.8) is 0 Å². The molecule has 0 aromatic carbocycles. The normalized spacial score (nSPS) is 12.0. The first-order chi connectivity index (χ1) is 12.1. The van der Waals surface area contributed by atoms with Crippen LogP contribution in [0.5, 0.6) is 0 Å². The minimum atomic E-state index is -0.550. The second-order valence-electron chi connectivity index (χ2n) is 5.12. The summed E-state index contributed by atoms with van der Waals surface area (Å²) in [4.78, 5) is 8.01. The number of halogens is 2. The van der Waals surface area contributed by atoms with Crippen LogP contribution in [0.25, 0.3) is 11.1 Å². The van der Waals surface area contributed by atoms with E-state index in [4.69, 9.17) is 0 Å². The molecule has 0 unspecified atom stereocenters. The first kappa shape index (κ1) is 16.5. The molecule has 0 saturated carbocycles. The predicted octanol–water partition coefficient (Wildman–Crippen LogP) is 4.45. The van der Waals surface area contributed by atoms with Crippen molar-refractivity contribution < 1.29 is 8.78 Å². The fourth-order valence-electron chi connectivity index (χ4n) is 2.15. The molecule has 3 aromatic rings. The molecule has 0 amide bonds. The van der Waals surface area contributed by atoms with Gasteiger partial charge < -0.3 is 5.32 Å². The van der Waals surface area contributed by atoms with Crippen molar-refractivity contribution in [2.24, 2.45) is 0 Å². The topological polar surface area (TPSA) is 55.1 Å². The van der Waals surface area contributed by atoms with Crippen molar-refractivity contribution in [1.82, 2.24) is 19.6 Å². The van der Waals surface area contributed by atoms with Crippen molar-refractivity contribution >= 4 is 22.6 Å². The smallest absolute Gasteiger partial charge is 0.184 e. The molecule has 0 saturated heterocycles. The summed E-state index contributed by atoms with van der Waals surface area (Å²) >= 11 is 0. The van der Waals surface area contributed by atoms with Gasteiger partial charge in [0.15, 0.2) is 17.5 Å². The number of hydrogen-bond acceptors (Lipinski definition) is 4. The lowest BCUT2D eigenvalue weighted by Crippen LogP contribution is -2.06. The molecular formula is C18H15F2N5. The number of anilines is 2. The van der Waals surface area contributed by atoms with Gasteiger partial charge in [0.25, 0.3) is 0 Å². The third-order valence-electron chi connectivity index (χ3n) is 3.41. The molecule has 126 valence electrons. The van der Waals surface area contributed by atoms with Gasteiger partial charge in [-0.05, 0) is 31.2 Å². The SMILES string of the molecule is C=C(/C(F)=C\C=C/C)c1nc(Nc2ccncc2F)c2cccn2n1. The Hall–Kier alpha value is -3.35. The van der Waals surface area contributed by atoms with Gasteiger partial charge in [-0.15, -0.1) is 5.10 Å². The van der Waals surface area contributed by atoms with E-state index in [2.05, 4.69) is 27.0 Å². The molecule has 5 nitrogen and oxygen atoms in total. The molecular weight excluding hydrogens is 324 g/mol. The van der Waals surface area contributed by atoms with Crippen molar-refractivity contribution in [2.45, 2.75) is 6.92 Å². The third kappa shape index (κ3) is 3.45. The summed E-state index contributed by atoms with van der Waals surface area (Å²) in [6.45, 7) is 5.49. The summed E-state index contributed by atoms with van der Waals surface area (Å²) in [5.41, 5.74) is 0.857. The Morgan fingerprint density at radius 2 is 2.20 bits per heavy atom. The van der Waals surface area contributed by atoms with Gasteiger partial charge in [0.1, 0.15) is 11.3 Å². The van der Waals surface area contributed by atoms with Crippen LogP contribution in [0.4, 0.5) is 20.3 Å². The Morgan fingerprint density at radius 3 is 2.96 bits per heavy atom. The lowest BCUT2D eigenvalue weighted by molar-refractivity contribution is 0.625. The number of aromatic nitrogens is 4. The number of nitrogens with zero attached hydrogens (tertiary/aromatic N) is 4. The van der Waals surface area contributed by atoms with Gasteiger partial charge in [-0.1, -0.05) is 18.7 Å². The van der Waals surface area contributed by atoms with Crippen LogP contribution in [-0.4, -0.2) is 19.6 Å². The maximum Gasteiger partial charge on any atom is 0.184 e. The summed E-state index contributed by atoms with van der Waals surface area (Å²) in [5.74, 6) is -0.644. The largest absolute Gasteiger partial charge is 0.336 e. The van der Waals surface area contributed by atoms with E-state index < -0.39 is 11.6 Å². The predicted molar refractivity (Wildman–Crippen MR) is 93.5 cm³/mol. The van der Waals surface area contributed by atoms with Crippen LogP contribution in [0, 0.1) is 5.82 Å². The lowest BCUT2D eigenvalue weighted by atomic mass is 10.2. The minimum absolute atomic E-state index is 0.0342. The van der Waals surface area contributed by atoms with Crippen LogP contribution in [0.3, 0.4) is 0 Å². The maximum absolute atomic E-state index is 14.2. The quantitative estimate of drug-likeness (QED) is 0.698.